The topological polar surface area (TPSA) is 82.3 Å². The number of carbonyl (C=O) groups is 1. The van der Waals surface area contributed by atoms with Gasteiger partial charge >= 0.3 is 5.97 Å². The highest BCUT2D eigenvalue weighted by Crippen LogP contribution is 2.14. The van der Waals surface area contributed by atoms with Crippen LogP contribution in [0.5, 0.6) is 5.75 Å². The number of carboxylic acid groups (broad SMARTS) is 1. The van der Waals surface area contributed by atoms with Crippen LogP contribution in [0.3, 0.4) is 0 Å². The second-order valence-corrected chi connectivity index (χ2v) is 4.82. The summed E-state index contributed by atoms with van der Waals surface area (Å²) in [5, 5.41) is 20.6. The van der Waals surface area contributed by atoms with Crippen molar-refractivity contribution in [2.75, 3.05) is 6.61 Å². The zero-order valence-electron chi connectivity index (χ0n) is 12.3. The van der Waals surface area contributed by atoms with Gasteiger partial charge in [-0.05, 0) is 30.5 Å². The van der Waals surface area contributed by atoms with Gasteiger partial charge in [0.15, 0.2) is 0 Å². The zero-order valence-corrected chi connectivity index (χ0v) is 12.3. The van der Waals surface area contributed by atoms with Gasteiger partial charge in [-0.15, -0.1) is 0 Å². The van der Waals surface area contributed by atoms with Gasteiger partial charge in [0.05, 0.1) is 12.7 Å². The molecule has 0 spiro atoms. The van der Waals surface area contributed by atoms with Crippen molar-refractivity contribution in [3.63, 3.8) is 0 Å². The average Bonchev–Trinajstić information content (AvgIpc) is 2.48. The molecule has 1 atom stereocenters. The van der Waals surface area contributed by atoms with Crippen LogP contribution in [0.1, 0.15) is 38.2 Å². The highest BCUT2D eigenvalue weighted by molar-refractivity contribution is 5.73. The van der Waals surface area contributed by atoms with Crippen molar-refractivity contribution in [2.24, 2.45) is 0 Å². The lowest BCUT2D eigenvalue weighted by Crippen LogP contribution is -2.35. The van der Waals surface area contributed by atoms with Crippen molar-refractivity contribution in [3.05, 3.63) is 29.8 Å². The Bertz CT molecular complexity index is 483. The SMILES string of the molecule is CCCC(NCc1cccc(OCCCC#N)c1)C(=O)O. The Morgan fingerprint density at radius 1 is 1.52 bits per heavy atom. The van der Waals surface area contributed by atoms with Gasteiger partial charge in [0.1, 0.15) is 11.8 Å². The predicted molar refractivity (Wildman–Crippen MR) is 80.0 cm³/mol. The molecule has 0 heterocycles. The Hall–Kier alpha value is -2.06. The summed E-state index contributed by atoms with van der Waals surface area (Å²) in [6.45, 7) is 2.97. The highest BCUT2D eigenvalue weighted by Gasteiger charge is 2.15. The van der Waals surface area contributed by atoms with E-state index in [-0.39, 0.29) is 0 Å². The van der Waals surface area contributed by atoms with E-state index in [9.17, 15) is 4.79 Å². The number of unbranched alkanes of at least 4 members (excludes halogenated alkanes) is 1. The molecule has 0 aliphatic heterocycles. The van der Waals surface area contributed by atoms with Crippen molar-refractivity contribution >= 4 is 5.97 Å². The number of hydrogen-bond donors (Lipinski definition) is 2. The molecule has 0 fully saturated rings. The lowest BCUT2D eigenvalue weighted by Gasteiger charge is -2.14. The number of benzene rings is 1. The predicted octanol–water partition coefficient (Wildman–Crippen LogP) is 2.71. The molecule has 0 bridgehead atoms. The number of nitrogens with one attached hydrogen (secondary N) is 1. The van der Waals surface area contributed by atoms with Gasteiger partial charge in [0, 0.05) is 13.0 Å². The van der Waals surface area contributed by atoms with E-state index in [1.165, 1.54) is 0 Å². The van der Waals surface area contributed by atoms with E-state index in [2.05, 4.69) is 11.4 Å². The minimum atomic E-state index is -0.819. The molecule has 0 saturated carbocycles. The van der Waals surface area contributed by atoms with Crippen LogP contribution < -0.4 is 10.1 Å². The summed E-state index contributed by atoms with van der Waals surface area (Å²) in [5.41, 5.74) is 0.982. The van der Waals surface area contributed by atoms with Crippen LogP contribution in [-0.2, 0) is 11.3 Å². The zero-order chi connectivity index (χ0) is 15.5. The van der Waals surface area contributed by atoms with Gasteiger partial charge < -0.3 is 15.2 Å². The molecule has 0 amide bonds. The van der Waals surface area contributed by atoms with Crippen LogP contribution in [0.2, 0.25) is 0 Å². The Labute approximate surface area is 125 Å². The third kappa shape index (κ3) is 6.77. The molecule has 114 valence electrons. The highest BCUT2D eigenvalue weighted by atomic mass is 16.5. The van der Waals surface area contributed by atoms with Crippen LogP contribution in [0.15, 0.2) is 24.3 Å². The van der Waals surface area contributed by atoms with Crippen molar-refractivity contribution < 1.29 is 14.6 Å². The van der Waals surface area contributed by atoms with Gasteiger partial charge in [-0.2, -0.15) is 5.26 Å². The van der Waals surface area contributed by atoms with Crippen LogP contribution in [0.4, 0.5) is 0 Å². The van der Waals surface area contributed by atoms with E-state index in [1.807, 2.05) is 31.2 Å². The summed E-state index contributed by atoms with van der Waals surface area (Å²) < 4.78 is 5.56. The Kier molecular flexibility index (Phi) is 7.92. The van der Waals surface area contributed by atoms with Gasteiger partial charge in [-0.1, -0.05) is 25.5 Å². The smallest absolute Gasteiger partial charge is 0.320 e. The fraction of sp³-hybridized carbons (Fsp3) is 0.500. The molecule has 0 aliphatic rings. The van der Waals surface area contributed by atoms with E-state index >= 15 is 0 Å². The van der Waals surface area contributed by atoms with Crippen molar-refractivity contribution in [3.8, 4) is 11.8 Å². The van der Waals surface area contributed by atoms with E-state index < -0.39 is 12.0 Å². The maximum Gasteiger partial charge on any atom is 0.320 e. The largest absolute Gasteiger partial charge is 0.494 e. The summed E-state index contributed by atoms with van der Waals surface area (Å²) in [4.78, 5) is 11.1. The van der Waals surface area contributed by atoms with Crippen molar-refractivity contribution in [1.29, 1.82) is 5.26 Å². The van der Waals surface area contributed by atoms with Crippen molar-refractivity contribution in [1.82, 2.24) is 5.32 Å². The molecule has 5 nitrogen and oxygen atoms in total. The lowest BCUT2D eigenvalue weighted by molar-refractivity contribution is -0.139. The van der Waals surface area contributed by atoms with Gasteiger partial charge in [-0.3, -0.25) is 4.79 Å². The van der Waals surface area contributed by atoms with E-state index in [4.69, 9.17) is 15.1 Å². The minimum absolute atomic E-state index is 0.485. The van der Waals surface area contributed by atoms with Crippen LogP contribution in [-0.4, -0.2) is 23.7 Å². The second kappa shape index (κ2) is 9.78. The molecule has 1 rings (SSSR count). The minimum Gasteiger partial charge on any atom is -0.494 e. The molecule has 5 heteroatoms. The molecule has 0 aromatic heterocycles. The fourth-order valence-corrected chi connectivity index (χ4v) is 1.93. The van der Waals surface area contributed by atoms with Crippen LogP contribution in [0, 0.1) is 11.3 Å². The van der Waals surface area contributed by atoms with Crippen LogP contribution >= 0.6 is 0 Å². The molecule has 1 aromatic carbocycles. The number of nitrogens with zero attached hydrogens (tertiary/aromatic N) is 1. The number of nitriles is 1. The molecule has 2 N–H and O–H groups in total. The average molecular weight is 290 g/mol. The lowest BCUT2D eigenvalue weighted by atomic mass is 10.1. The molecule has 1 unspecified atom stereocenters. The van der Waals surface area contributed by atoms with E-state index in [1.54, 1.807) is 0 Å². The first-order valence-electron chi connectivity index (χ1n) is 7.22. The number of hydrogen-bond acceptors (Lipinski definition) is 4. The first-order valence-corrected chi connectivity index (χ1v) is 7.22. The molecule has 0 aliphatic carbocycles. The number of aliphatic carboxylic acids is 1. The standard InChI is InChI=1S/C16H22N2O3/c1-2-6-15(16(19)20)18-12-13-7-5-8-14(11-13)21-10-4-3-9-17/h5,7-8,11,15,18H,2-4,6,10,12H2,1H3,(H,19,20). The van der Waals surface area contributed by atoms with Gasteiger partial charge in [0.25, 0.3) is 0 Å². The number of rotatable bonds is 10. The van der Waals surface area contributed by atoms with Gasteiger partial charge in [-0.25, -0.2) is 0 Å². The quantitative estimate of drug-likeness (QED) is 0.647. The number of ether oxygens (including phenoxy) is 1. The fourth-order valence-electron chi connectivity index (χ4n) is 1.93. The summed E-state index contributed by atoms with van der Waals surface area (Å²) in [5.74, 6) is -0.0737. The number of carboxylic acids is 1. The first kappa shape index (κ1) is 17.0. The van der Waals surface area contributed by atoms with Crippen LogP contribution in [0.25, 0.3) is 0 Å². The molecular formula is C16H22N2O3. The summed E-state index contributed by atoms with van der Waals surface area (Å²) in [6, 6.07) is 9.12. The Balaban J connectivity index is 2.48. The third-order valence-corrected chi connectivity index (χ3v) is 3.03. The summed E-state index contributed by atoms with van der Waals surface area (Å²) in [6.07, 6.45) is 2.63. The third-order valence-electron chi connectivity index (χ3n) is 3.03. The molecule has 1 aromatic rings. The van der Waals surface area contributed by atoms with Crippen molar-refractivity contribution in [2.45, 2.75) is 45.2 Å². The van der Waals surface area contributed by atoms with E-state index in [0.717, 1.165) is 17.7 Å². The molecule has 0 saturated heterocycles. The van der Waals surface area contributed by atoms with Gasteiger partial charge in [0.2, 0.25) is 0 Å². The Morgan fingerprint density at radius 3 is 3.00 bits per heavy atom. The molecular weight excluding hydrogens is 268 g/mol. The molecule has 21 heavy (non-hydrogen) atoms. The first-order chi connectivity index (χ1) is 10.2. The molecule has 0 radical (unpaired) electrons. The van der Waals surface area contributed by atoms with E-state index in [0.29, 0.717) is 32.4 Å². The Morgan fingerprint density at radius 2 is 2.33 bits per heavy atom. The normalized spacial score (nSPS) is 11.6. The second-order valence-electron chi connectivity index (χ2n) is 4.82. The summed E-state index contributed by atoms with van der Waals surface area (Å²) in [7, 11) is 0. The maximum absolute atomic E-state index is 11.1. The summed E-state index contributed by atoms with van der Waals surface area (Å²) >= 11 is 0. The maximum atomic E-state index is 11.1. The monoisotopic (exact) mass is 290 g/mol.